The van der Waals surface area contributed by atoms with Gasteiger partial charge in [-0.2, -0.15) is 23.5 Å². The highest BCUT2D eigenvalue weighted by molar-refractivity contribution is 5.95. The number of nitrogens with two attached hydrogens (primary N) is 1. The fourth-order valence-electron chi connectivity index (χ4n) is 3.42. The Balaban J connectivity index is 1.96. The molecule has 0 bridgehead atoms. The Bertz CT molecular complexity index is 1060. The molecule has 2 aromatic heterocycles. The van der Waals surface area contributed by atoms with E-state index in [1.165, 1.54) is 6.20 Å². The van der Waals surface area contributed by atoms with Crippen LogP contribution in [-0.4, -0.2) is 21.7 Å². The van der Waals surface area contributed by atoms with Crippen LogP contribution in [0.3, 0.4) is 0 Å². The van der Waals surface area contributed by atoms with E-state index in [2.05, 4.69) is 21.3 Å². The summed E-state index contributed by atoms with van der Waals surface area (Å²) in [6.07, 6.45) is -1.07. The third kappa shape index (κ3) is 2.94. The van der Waals surface area contributed by atoms with E-state index in [0.29, 0.717) is 24.1 Å². The van der Waals surface area contributed by atoms with Gasteiger partial charge in [-0.05, 0) is 60.2 Å². The molecule has 0 aliphatic heterocycles. The van der Waals surface area contributed by atoms with E-state index in [4.69, 9.17) is 5.73 Å². The van der Waals surface area contributed by atoms with Crippen molar-refractivity contribution in [1.29, 1.82) is 5.26 Å². The summed E-state index contributed by atoms with van der Waals surface area (Å²) in [5.41, 5.74) is 6.93. The number of hydrogen-bond acceptors (Lipinski definition) is 4. The number of nitriles is 1. The number of nitrogens with zero attached hydrogens (tertiary/aromatic N) is 3. The number of pyridine rings is 1. The van der Waals surface area contributed by atoms with Gasteiger partial charge >= 0.3 is 6.18 Å². The molecule has 1 aliphatic carbocycles. The summed E-state index contributed by atoms with van der Waals surface area (Å²) in [6, 6.07) is 9.45. The van der Waals surface area contributed by atoms with Crippen molar-refractivity contribution < 1.29 is 13.2 Å². The predicted molar refractivity (Wildman–Crippen MR) is 93.6 cm³/mol. The van der Waals surface area contributed by atoms with Crippen molar-refractivity contribution in [3.05, 3.63) is 47.3 Å². The lowest BCUT2D eigenvalue weighted by Crippen LogP contribution is -2.08. The van der Waals surface area contributed by atoms with Gasteiger partial charge in [0, 0.05) is 6.20 Å². The molecule has 3 aromatic rings. The van der Waals surface area contributed by atoms with Gasteiger partial charge in [0.15, 0.2) is 11.3 Å². The maximum atomic E-state index is 13.4. The Morgan fingerprint density at radius 3 is 2.67 bits per heavy atom. The first-order valence-electron chi connectivity index (χ1n) is 8.54. The van der Waals surface area contributed by atoms with Crippen LogP contribution in [0.1, 0.15) is 29.7 Å². The van der Waals surface area contributed by atoms with Gasteiger partial charge in [-0.15, -0.1) is 0 Å². The van der Waals surface area contributed by atoms with E-state index in [-0.39, 0.29) is 11.0 Å². The van der Waals surface area contributed by atoms with Crippen LogP contribution in [0.5, 0.6) is 0 Å². The summed E-state index contributed by atoms with van der Waals surface area (Å²) in [5.74, 6) is 0. The molecule has 0 radical (unpaired) electrons. The number of fused-ring (bicyclic) bond motifs is 1. The number of rotatable bonds is 4. The molecule has 1 aromatic carbocycles. The Labute approximate surface area is 153 Å². The normalized spacial score (nSPS) is 15.7. The SMILES string of the molecule is N#CC1(c2cc(CCN)cc(-c3ccnc4[nH]nc(C(F)(F)F)c34)c2)CC1. The second kappa shape index (κ2) is 6.06. The molecule has 3 N–H and O–H groups in total. The molecule has 1 aliphatic rings. The van der Waals surface area contributed by atoms with E-state index in [1.54, 1.807) is 12.1 Å². The Hall–Kier alpha value is -2.92. The van der Waals surface area contributed by atoms with Crippen LogP contribution in [0, 0.1) is 11.3 Å². The highest BCUT2D eigenvalue weighted by Crippen LogP contribution is 2.49. The molecule has 0 atom stereocenters. The number of aromatic amines is 1. The van der Waals surface area contributed by atoms with Crippen LogP contribution in [0.2, 0.25) is 0 Å². The topological polar surface area (TPSA) is 91.4 Å². The first-order chi connectivity index (χ1) is 12.9. The summed E-state index contributed by atoms with van der Waals surface area (Å²) >= 11 is 0. The van der Waals surface area contributed by atoms with Crippen molar-refractivity contribution >= 4 is 11.0 Å². The quantitative estimate of drug-likeness (QED) is 0.731. The number of aromatic nitrogens is 3. The minimum Gasteiger partial charge on any atom is -0.330 e. The molecular formula is C19H16F3N5. The van der Waals surface area contributed by atoms with Gasteiger partial charge in [0.25, 0.3) is 0 Å². The third-order valence-corrected chi connectivity index (χ3v) is 4.98. The zero-order chi connectivity index (χ0) is 19.2. The first kappa shape index (κ1) is 17.5. The molecule has 138 valence electrons. The number of H-pyrrole nitrogens is 1. The average Bonchev–Trinajstić information content (AvgIpc) is 3.31. The number of halogens is 3. The lowest BCUT2D eigenvalue weighted by Gasteiger charge is -2.14. The molecule has 4 rings (SSSR count). The molecule has 0 amide bonds. The van der Waals surface area contributed by atoms with Crippen LogP contribution in [-0.2, 0) is 18.0 Å². The molecular weight excluding hydrogens is 355 g/mol. The van der Waals surface area contributed by atoms with Crippen LogP contribution in [0.25, 0.3) is 22.2 Å². The molecule has 5 nitrogen and oxygen atoms in total. The van der Waals surface area contributed by atoms with Gasteiger partial charge in [-0.1, -0.05) is 12.1 Å². The molecule has 0 saturated heterocycles. The second-order valence-corrected chi connectivity index (χ2v) is 6.80. The fourth-order valence-corrected chi connectivity index (χ4v) is 3.42. The number of alkyl halides is 3. The van der Waals surface area contributed by atoms with Crippen molar-refractivity contribution in [2.75, 3.05) is 6.54 Å². The first-order valence-corrected chi connectivity index (χ1v) is 8.54. The maximum Gasteiger partial charge on any atom is 0.435 e. The van der Waals surface area contributed by atoms with Crippen LogP contribution in [0.15, 0.2) is 30.5 Å². The van der Waals surface area contributed by atoms with Crippen LogP contribution in [0.4, 0.5) is 13.2 Å². The molecule has 1 fully saturated rings. The van der Waals surface area contributed by atoms with E-state index in [9.17, 15) is 18.4 Å². The largest absolute Gasteiger partial charge is 0.435 e. The van der Waals surface area contributed by atoms with Gasteiger partial charge < -0.3 is 5.73 Å². The Morgan fingerprint density at radius 2 is 2.04 bits per heavy atom. The van der Waals surface area contributed by atoms with Gasteiger partial charge in [0.2, 0.25) is 0 Å². The maximum absolute atomic E-state index is 13.4. The average molecular weight is 371 g/mol. The van der Waals surface area contributed by atoms with E-state index in [1.807, 2.05) is 12.1 Å². The highest BCUT2D eigenvalue weighted by Gasteiger charge is 2.45. The van der Waals surface area contributed by atoms with Crippen molar-refractivity contribution in [2.24, 2.45) is 5.73 Å². The van der Waals surface area contributed by atoms with Gasteiger partial charge in [0.05, 0.1) is 16.9 Å². The lowest BCUT2D eigenvalue weighted by molar-refractivity contribution is -0.139. The summed E-state index contributed by atoms with van der Waals surface area (Å²) in [4.78, 5) is 3.97. The van der Waals surface area contributed by atoms with E-state index in [0.717, 1.165) is 24.0 Å². The highest BCUT2D eigenvalue weighted by atomic mass is 19.4. The van der Waals surface area contributed by atoms with E-state index >= 15 is 0 Å². The third-order valence-electron chi connectivity index (χ3n) is 4.98. The zero-order valence-corrected chi connectivity index (χ0v) is 14.3. The minimum absolute atomic E-state index is 0.0670. The van der Waals surface area contributed by atoms with Crippen molar-refractivity contribution in [3.8, 4) is 17.2 Å². The monoisotopic (exact) mass is 371 g/mol. The minimum atomic E-state index is -4.60. The van der Waals surface area contributed by atoms with Gasteiger partial charge in [-0.25, -0.2) is 4.98 Å². The Morgan fingerprint density at radius 1 is 1.26 bits per heavy atom. The standard InChI is InChI=1S/C19H16F3N5/c20-19(21,22)16-15-14(2-6-25-17(15)27-26-16)12-7-11(1-5-23)8-13(9-12)18(10-24)3-4-18/h2,6-9H,1,3-5,23H2,(H,25,26,27). The predicted octanol–water partition coefficient (Wildman–Crippen LogP) is 3.70. The molecule has 2 heterocycles. The summed E-state index contributed by atoms with van der Waals surface area (Å²) < 4.78 is 40.2. The molecule has 0 unspecified atom stereocenters. The smallest absolute Gasteiger partial charge is 0.330 e. The van der Waals surface area contributed by atoms with Gasteiger partial charge in [0.1, 0.15) is 0 Å². The van der Waals surface area contributed by atoms with Crippen molar-refractivity contribution in [3.63, 3.8) is 0 Å². The lowest BCUT2D eigenvalue weighted by atomic mass is 9.90. The van der Waals surface area contributed by atoms with Crippen LogP contribution < -0.4 is 5.73 Å². The molecule has 1 saturated carbocycles. The van der Waals surface area contributed by atoms with Crippen LogP contribution >= 0.6 is 0 Å². The Kier molecular flexibility index (Phi) is 3.93. The second-order valence-electron chi connectivity index (χ2n) is 6.80. The number of hydrogen-bond donors (Lipinski definition) is 2. The van der Waals surface area contributed by atoms with Crippen molar-refractivity contribution in [1.82, 2.24) is 15.2 Å². The number of nitrogens with one attached hydrogen (secondary N) is 1. The summed E-state index contributed by atoms with van der Waals surface area (Å²) in [7, 11) is 0. The summed E-state index contributed by atoms with van der Waals surface area (Å²) in [5, 5.41) is 15.3. The number of benzene rings is 1. The van der Waals surface area contributed by atoms with E-state index < -0.39 is 17.3 Å². The fraction of sp³-hybridized carbons (Fsp3) is 0.316. The zero-order valence-electron chi connectivity index (χ0n) is 14.3. The molecule has 8 heteroatoms. The molecule has 27 heavy (non-hydrogen) atoms. The van der Waals surface area contributed by atoms with Gasteiger partial charge in [-0.3, -0.25) is 5.10 Å². The molecule has 0 spiro atoms. The van der Waals surface area contributed by atoms with Crippen molar-refractivity contribution in [2.45, 2.75) is 30.9 Å². The summed E-state index contributed by atoms with van der Waals surface area (Å²) in [6.45, 7) is 0.410.